The van der Waals surface area contributed by atoms with Crippen LogP contribution in [0.5, 0.6) is 0 Å². The molecular formula is C7H14N4O2. The Morgan fingerprint density at radius 3 is 2.38 bits per heavy atom. The summed E-state index contributed by atoms with van der Waals surface area (Å²) in [6.07, 6.45) is 0.967. The molecule has 0 aliphatic carbocycles. The molecule has 0 bridgehead atoms. The molecule has 0 aromatic carbocycles. The highest BCUT2D eigenvalue weighted by atomic mass is 16.4. The Kier molecular flexibility index (Phi) is 5.25. The van der Waals surface area contributed by atoms with Crippen molar-refractivity contribution >= 4 is 17.6 Å². The summed E-state index contributed by atoms with van der Waals surface area (Å²) in [5, 5.41) is 15.4. The molecule has 0 aromatic heterocycles. The van der Waals surface area contributed by atoms with Gasteiger partial charge >= 0.3 is 5.97 Å². The van der Waals surface area contributed by atoms with Crippen LogP contribution in [0.3, 0.4) is 0 Å². The standard InChI is InChI=1S/C7H14N4O2/c1-5(8)10-11-6(9)3-2-4-7(12)13/h2-4H2,1H3,(H2,8,10)(H2,9,11)(H,12,13). The van der Waals surface area contributed by atoms with Crippen LogP contribution in [0.15, 0.2) is 10.2 Å². The molecule has 0 saturated heterocycles. The lowest BCUT2D eigenvalue weighted by atomic mass is 10.2. The van der Waals surface area contributed by atoms with Gasteiger partial charge in [0.05, 0.1) is 0 Å². The predicted octanol–water partition coefficient (Wildman–Crippen LogP) is -0.109. The molecule has 0 saturated carbocycles. The Bertz CT molecular complexity index is 231. The van der Waals surface area contributed by atoms with Crippen LogP contribution >= 0.6 is 0 Å². The van der Waals surface area contributed by atoms with Crippen molar-refractivity contribution in [2.24, 2.45) is 21.7 Å². The Hall–Kier alpha value is -1.59. The molecule has 0 amide bonds. The van der Waals surface area contributed by atoms with Crippen LogP contribution in [-0.2, 0) is 4.79 Å². The van der Waals surface area contributed by atoms with Crippen LogP contribution in [0, 0.1) is 0 Å². The average Bonchev–Trinajstić information content (AvgIpc) is 2.00. The van der Waals surface area contributed by atoms with E-state index in [0.29, 0.717) is 24.5 Å². The van der Waals surface area contributed by atoms with Gasteiger partial charge in [-0.05, 0) is 13.3 Å². The van der Waals surface area contributed by atoms with Gasteiger partial charge < -0.3 is 16.6 Å². The number of rotatable bonds is 5. The lowest BCUT2D eigenvalue weighted by Gasteiger charge is -1.95. The zero-order valence-electron chi connectivity index (χ0n) is 7.53. The number of carbonyl (C=O) groups is 1. The lowest BCUT2D eigenvalue weighted by Crippen LogP contribution is -2.13. The van der Waals surface area contributed by atoms with E-state index in [1.54, 1.807) is 6.92 Å². The van der Waals surface area contributed by atoms with Crippen molar-refractivity contribution in [2.75, 3.05) is 0 Å². The van der Waals surface area contributed by atoms with Crippen LogP contribution in [0.4, 0.5) is 0 Å². The molecule has 0 atom stereocenters. The SMILES string of the molecule is C/C(N)=N/N=C(\N)CCCC(=O)O. The van der Waals surface area contributed by atoms with Gasteiger partial charge in [0, 0.05) is 12.8 Å². The van der Waals surface area contributed by atoms with E-state index in [-0.39, 0.29) is 6.42 Å². The van der Waals surface area contributed by atoms with Gasteiger partial charge in [0.25, 0.3) is 0 Å². The van der Waals surface area contributed by atoms with E-state index >= 15 is 0 Å². The topological polar surface area (TPSA) is 114 Å². The highest BCUT2D eigenvalue weighted by molar-refractivity contribution is 5.83. The molecule has 0 fully saturated rings. The van der Waals surface area contributed by atoms with E-state index in [4.69, 9.17) is 16.6 Å². The van der Waals surface area contributed by atoms with Crippen molar-refractivity contribution in [3.8, 4) is 0 Å². The molecule has 0 radical (unpaired) electrons. The smallest absolute Gasteiger partial charge is 0.303 e. The first-order valence-corrected chi connectivity index (χ1v) is 3.86. The number of carboxylic acid groups (broad SMARTS) is 1. The Balaban J connectivity index is 3.74. The average molecular weight is 186 g/mol. The second-order valence-electron chi connectivity index (χ2n) is 2.58. The highest BCUT2D eigenvalue weighted by Gasteiger charge is 1.98. The van der Waals surface area contributed by atoms with E-state index in [9.17, 15) is 4.79 Å². The van der Waals surface area contributed by atoms with Crippen molar-refractivity contribution in [1.29, 1.82) is 0 Å². The van der Waals surface area contributed by atoms with Crippen molar-refractivity contribution < 1.29 is 9.90 Å². The summed E-state index contributed by atoms with van der Waals surface area (Å²) in [5.74, 6) is -0.224. The lowest BCUT2D eigenvalue weighted by molar-refractivity contribution is -0.137. The number of hydrogen-bond acceptors (Lipinski definition) is 3. The quantitative estimate of drug-likeness (QED) is 0.315. The van der Waals surface area contributed by atoms with Gasteiger partial charge in [-0.1, -0.05) is 0 Å². The predicted molar refractivity (Wildman–Crippen MR) is 50.4 cm³/mol. The third kappa shape index (κ3) is 8.32. The fourth-order valence-corrected chi connectivity index (χ4v) is 0.614. The maximum absolute atomic E-state index is 10.1. The number of nitrogens with two attached hydrogens (primary N) is 2. The third-order valence-electron chi connectivity index (χ3n) is 1.16. The molecule has 0 aliphatic heterocycles. The summed E-state index contributed by atoms with van der Waals surface area (Å²) in [6, 6.07) is 0. The molecule has 6 nitrogen and oxygen atoms in total. The van der Waals surface area contributed by atoms with E-state index < -0.39 is 5.97 Å². The maximum Gasteiger partial charge on any atom is 0.303 e. The van der Waals surface area contributed by atoms with Crippen LogP contribution in [0.25, 0.3) is 0 Å². The van der Waals surface area contributed by atoms with Gasteiger partial charge in [-0.15, -0.1) is 10.2 Å². The summed E-state index contributed by atoms with van der Waals surface area (Å²) >= 11 is 0. The largest absolute Gasteiger partial charge is 0.481 e. The minimum Gasteiger partial charge on any atom is -0.481 e. The van der Waals surface area contributed by atoms with Crippen LogP contribution < -0.4 is 11.5 Å². The third-order valence-corrected chi connectivity index (χ3v) is 1.16. The first-order chi connectivity index (χ1) is 6.02. The Morgan fingerprint density at radius 2 is 1.92 bits per heavy atom. The van der Waals surface area contributed by atoms with Crippen molar-refractivity contribution in [2.45, 2.75) is 26.2 Å². The van der Waals surface area contributed by atoms with Crippen molar-refractivity contribution in [1.82, 2.24) is 0 Å². The summed E-state index contributed by atoms with van der Waals surface area (Å²) in [6.45, 7) is 1.59. The molecule has 0 spiro atoms. The molecule has 13 heavy (non-hydrogen) atoms. The fourth-order valence-electron chi connectivity index (χ4n) is 0.614. The van der Waals surface area contributed by atoms with E-state index in [1.165, 1.54) is 0 Å². The number of nitrogens with zero attached hydrogens (tertiary/aromatic N) is 2. The van der Waals surface area contributed by atoms with Crippen LogP contribution in [0.1, 0.15) is 26.2 Å². The van der Waals surface area contributed by atoms with Crippen LogP contribution in [0.2, 0.25) is 0 Å². The summed E-state index contributed by atoms with van der Waals surface area (Å²) in [5.41, 5.74) is 10.6. The number of carboxylic acids is 1. The van der Waals surface area contributed by atoms with Crippen molar-refractivity contribution in [3.05, 3.63) is 0 Å². The minimum atomic E-state index is -0.841. The normalized spacial score (nSPS) is 13.0. The molecular weight excluding hydrogens is 172 g/mol. The van der Waals surface area contributed by atoms with E-state index in [1.807, 2.05) is 0 Å². The molecule has 0 aliphatic rings. The number of amidine groups is 2. The van der Waals surface area contributed by atoms with Gasteiger partial charge in [0.15, 0.2) is 0 Å². The van der Waals surface area contributed by atoms with Crippen LogP contribution in [-0.4, -0.2) is 22.7 Å². The van der Waals surface area contributed by atoms with Gasteiger partial charge in [-0.25, -0.2) is 0 Å². The van der Waals surface area contributed by atoms with Gasteiger partial charge in [-0.2, -0.15) is 0 Å². The molecule has 0 unspecified atom stereocenters. The summed E-state index contributed by atoms with van der Waals surface area (Å²) < 4.78 is 0. The molecule has 0 rings (SSSR count). The summed E-state index contributed by atoms with van der Waals surface area (Å²) in [7, 11) is 0. The second-order valence-corrected chi connectivity index (χ2v) is 2.58. The van der Waals surface area contributed by atoms with E-state index in [2.05, 4.69) is 10.2 Å². The van der Waals surface area contributed by atoms with Crippen molar-refractivity contribution in [3.63, 3.8) is 0 Å². The Morgan fingerprint density at radius 1 is 1.31 bits per heavy atom. The zero-order chi connectivity index (χ0) is 10.3. The maximum atomic E-state index is 10.1. The monoisotopic (exact) mass is 186 g/mol. The first kappa shape index (κ1) is 11.4. The fraction of sp³-hybridized carbons (Fsp3) is 0.571. The number of aliphatic carboxylic acids is 1. The Labute approximate surface area is 76.3 Å². The minimum absolute atomic E-state index is 0.0849. The molecule has 6 heteroatoms. The summed E-state index contributed by atoms with van der Waals surface area (Å²) in [4.78, 5) is 10.1. The van der Waals surface area contributed by atoms with Gasteiger partial charge in [0.2, 0.25) is 0 Å². The zero-order valence-corrected chi connectivity index (χ0v) is 7.53. The number of hydrogen-bond donors (Lipinski definition) is 3. The first-order valence-electron chi connectivity index (χ1n) is 3.86. The highest BCUT2D eigenvalue weighted by Crippen LogP contribution is 1.95. The molecule has 0 heterocycles. The van der Waals surface area contributed by atoms with Gasteiger partial charge in [-0.3, -0.25) is 4.79 Å². The second kappa shape index (κ2) is 5.99. The van der Waals surface area contributed by atoms with Gasteiger partial charge in [0.1, 0.15) is 11.7 Å². The molecule has 0 aromatic rings. The molecule has 5 N–H and O–H groups in total. The van der Waals surface area contributed by atoms with E-state index in [0.717, 1.165) is 0 Å². The molecule has 74 valence electrons.